The predicted molar refractivity (Wildman–Crippen MR) is 101 cm³/mol. The normalized spacial score (nSPS) is 16.7. The van der Waals surface area contributed by atoms with Crippen LogP contribution >= 0.6 is 39.5 Å². The first kappa shape index (κ1) is 15.3. The third kappa shape index (κ3) is 2.95. The number of halogens is 1. The van der Waals surface area contributed by atoms with Crippen LogP contribution in [-0.2, 0) is 0 Å². The Morgan fingerprint density at radius 3 is 2.83 bits per heavy atom. The van der Waals surface area contributed by atoms with Gasteiger partial charge in [-0.25, -0.2) is 4.98 Å². The topological polar surface area (TPSA) is 34.9 Å². The number of nitrogens with zero attached hydrogens (tertiary/aromatic N) is 2. The minimum absolute atomic E-state index is 0.0806. The molecular formula is C17H13BrN2OS2. The van der Waals surface area contributed by atoms with Crippen LogP contribution in [0.4, 0.5) is 0 Å². The van der Waals surface area contributed by atoms with Gasteiger partial charge in [0, 0.05) is 20.9 Å². The molecule has 3 aromatic rings. The molecule has 3 nitrogen and oxygen atoms in total. The number of para-hydroxylation sites is 1. The van der Waals surface area contributed by atoms with E-state index >= 15 is 0 Å². The molecule has 0 radical (unpaired) electrons. The van der Waals surface area contributed by atoms with Gasteiger partial charge in [0.15, 0.2) is 5.16 Å². The molecule has 0 aliphatic carbocycles. The van der Waals surface area contributed by atoms with E-state index in [1.54, 1.807) is 23.5 Å². The maximum atomic E-state index is 12.8. The molecule has 6 heteroatoms. The number of hydrogen-bond donors (Lipinski definition) is 0. The summed E-state index contributed by atoms with van der Waals surface area (Å²) in [6, 6.07) is 16.0. The highest BCUT2D eigenvalue weighted by molar-refractivity contribution is 9.10. The van der Waals surface area contributed by atoms with Crippen LogP contribution in [-0.4, -0.2) is 21.1 Å². The molecule has 2 aromatic carbocycles. The molecular weight excluding hydrogens is 392 g/mol. The zero-order chi connectivity index (χ0) is 15.8. The molecule has 1 aliphatic rings. The van der Waals surface area contributed by atoms with Gasteiger partial charge in [0.05, 0.1) is 16.9 Å². The van der Waals surface area contributed by atoms with Crippen molar-refractivity contribution in [3.8, 4) is 0 Å². The van der Waals surface area contributed by atoms with Crippen molar-refractivity contribution in [1.29, 1.82) is 0 Å². The molecule has 0 bridgehead atoms. The predicted octanol–water partition coefficient (Wildman–Crippen LogP) is 4.60. The molecule has 0 saturated heterocycles. The fourth-order valence-electron chi connectivity index (χ4n) is 2.64. The smallest absolute Gasteiger partial charge is 0.262 e. The van der Waals surface area contributed by atoms with Gasteiger partial charge in [-0.05, 0) is 36.4 Å². The van der Waals surface area contributed by atoms with E-state index in [9.17, 15) is 4.79 Å². The van der Waals surface area contributed by atoms with Crippen molar-refractivity contribution < 1.29 is 0 Å². The third-order valence-corrected chi connectivity index (χ3v) is 6.58. The van der Waals surface area contributed by atoms with E-state index in [4.69, 9.17) is 0 Å². The van der Waals surface area contributed by atoms with Gasteiger partial charge in [0.25, 0.3) is 5.56 Å². The van der Waals surface area contributed by atoms with E-state index in [-0.39, 0.29) is 11.6 Å². The summed E-state index contributed by atoms with van der Waals surface area (Å²) in [5.41, 5.74) is 0.870. The average Bonchev–Trinajstić information content (AvgIpc) is 2.98. The SMILES string of the molecule is O=c1c2ccccc2nc2n1[C@H](CSc1ccc(Br)cc1)CS2. The molecule has 0 spiro atoms. The van der Waals surface area contributed by atoms with Crippen molar-refractivity contribution in [3.05, 3.63) is 63.4 Å². The lowest BCUT2D eigenvalue weighted by atomic mass is 10.2. The molecule has 0 N–H and O–H groups in total. The van der Waals surface area contributed by atoms with Crippen molar-refractivity contribution >= 4 is 50.4 Å². The van der Waals surface area contributed by atoms with Gasteiger partial charge in [-0.2, -0.15) is 0 Å². The second kappa shape index (κ2) is 6.34. The largest absolute Gasteiger partial charge is 0.282 e. The van der Waals surface area contributed by atoms with Crippen LogP contribution < -0.4 is 5.56 Å². The first-order chi connectivity index (χ1) is 11.2. The standard InChI is InChI=1S/C17H13BrN2OS2/c18-11-5-7-13(8-6-11)22-9-12-10-23-17-19-15-4-2-1-3-14(15)16(21)20(12)17/h1-8,12H,9-10H2/t12-/m1/s1. The molecule has 2 heterocycles. The molecule has 1 aliphatic heterocycles. The van der Waals surface area contributed by atoms with Crippen molar-refractivity contribution in [2.24, 2.45) is 0 Å². The summed E-state index contributed by atoms with van der Waals surface area (Å²) in [6.45, 7) is 0. The number of hydrogen-bond acceptors (Lipinski definition) is 4. The van der Waals surface area contributed by atoms with E-state index in [1.807, 2.05) is 41.0 Å². The Bertz CT molecular complexity index is 924. The number of fused-ring (bicyclic) bond motifs is 2. The lowest BCUT2D eigenvalue weighted by Gasteiger charge is -2.13. The number of benzene rings is 2. The van der Waals surface area contributed by atoms with E-state index in [0.717, 1.165) is 26.7 Å². The zero-order valence-electron chi connectivity index (χ0n) is 12.1. The zero-order valence-corrected chi connectivity index (χ0v) is 15.3. The highest BCUT2D eigenvalue weighted by atomic mass is 79.9. The fraction of sp³-hybridized carbons (Fsp3) is 0.176. The molecule has 0 fully saturated rings. The summed E-state index contributed by atoms with van der Waals surface area (Å²) in [5.74, 6) is 1.78. The van der Waals surface area contributed by atoms with Crippen LogP contribution in [0.3, 0.4) is 0 Å². The fourth-order valence-corrected chi connectivity index (χ4v) is 5.18. The van der Waals surface area contributed by atoms with Crippen LogP contribution in [0.1, 0.15) is 6.04 Å². The number of thioether (sulfide) groups is 2. The number of aromatic nitrogens is 2. The lowest BCUT2D eigenvalue weighted by molar-refractivity contribution is 0.558. The number of rotatable bonds is 3. The second-order valence-corrected chi connectivity index (χ2v) is 8.31. The Balaban J connectivity index is 1.63. The van der Waals surface area contributed by atoms with Crippen LogP contribution in [0.2, 0.25) is 0 Å². The highest BCUT2D eigenvalue weighted by Crippen LogP contribution is 2.34. The molecule has 1 aromatic heterocycles. The molecule has 0 unspecified atom stereocenters. The van der Waals surface area contributed by atoms with Crippen LogP contribution in [0.5, 0.6) is 0 Å². The van der Waals surface area contributed by atoms with E-state index < -0.39 is 0 Å². The van der Waals surface area contributed by atoms with Crippen LogP contribution in [0.25, 0.3) is 10.9 Å². The Morgan fingerprint density at radius 2 is 2.00 bits per heavy atom. The van der Waals surface area contributed by atoms with Crippen molar-refractivity contribution in [2.45, 2.75) is 16.1 Å². The Labute approximate surface area is 150 Å². The molecule has 116 valence electrons. The summed E-state index contributed by atoms with van der Waals surface area (Å²) in [7, 11) is 0. The van der Waals surface area contributed by atoms with Gasteiger partial charge >= 0.3 is 0 Å². The molecule has 4 rings (SSSR count). The summed E-state index contributed by atoms with van der Waals surface area (Å²) in [5, 5.41) is 1.55. The summed E-state index contributed by atoms with van der Waals surface area (Å²) >= 11 is 6.91. The van der Waals surface area contributed by atoms with E-state index in [1.165, 1.54) is 4.90 Å². The first-order valence-corrected chi connectivity index (χ1v) is 10.0. The summed E-state index contributed by atoms with van der Waals surface area (Å²) < 4.78 is 2.95. The third-order valence-electron chi connectivity index (χ3n) is 3.80. The van der Waals surface area contributed by atoms with Crippen molar-refractivity contribution in [1.82, 2.24) is 9.55 Å². The molecule has 0 saturated carbocycles. The summed E-state index contributed by atoms with van der Waals surface area (Å²) in [6.07, 6.45) is 0. The molecule has 23 heavy (non-hydrogen) atoms. The Hall–Kier alpha value is -1.24. The van der Waals surface area contributed by atoms with Gasteiger partial charge in [0.1, 0.15) is 0 Å². The van der Waals surface area contributed by atoms with Gasteiger partial charge in [-0.1, -0.05) is 39.8 Å². The second-order valence-electron chi connectivity index (χ2n) is 5.32. The van der Waals surface area contributed by atoms with Crippen molar-refractivity contribution in [3.63, 3.8) is 0 Å². The lowest BCUT2D eigenvalue weighted by Crippen LogP contribution is -2.25. The Morgan fingerprint density at radius 1 is 1.22 bits per heavy atom. The monoisotopic (exact) mass is 404 g/mol. The highest BCUT2D eigenvalue weighted by Gasteiger charge is 2.26. The van der Waals surface area contributed by atoms with Crippen molar-refractivity contribution in [2.75, 3.05) is 11.5 Å². The minimum Gasteiger partial charge on any atom is -0.282 e. The van der Waals surface area contributed by atoms with Gasteiger partial charge in [-0.15, -0.1) is 11.8 Å². The van der Waals surface area contributed by atoms with Gasteiger partial charge < -0.3 is 0 Å². The Kier molecular flexibility index (Phi) is 4.22. The first-order valence-electron chi connectivity index (χ1n) is 7.25. The van der Waals surface area contributed by atoms with Crippen LogP contribution in [0.15, 0.2) is 67.9 Å². The maximum Gasteiger partial charge on any atom is 0.262 e. The molecule has 1 atom stereocenters. The van der Waals surface area contributed by atoms with Gasteiger partial charge in [0.2, 0.25) is 0 Å². The van der Waals surface area contributed by atoms with E-state index in [2.05, 4.69) is 33.0 Å². The maximum absolute atomic E-state index is 12.8. The van der Waals surface area contributed by atoms with Gasteiger partial charge in [-0.3, -0.25) is 9.36 Å². The quantitative estimate of drug-likeness (QED) is 0.471. The summed E-state index contributed by atoms with van der Waals surface area (Å²) in [4.78, 5) is 18.6. The van der Waals surface area contributed by atoms with E-state index in [0.29, 0.717) is 5.39 Å². The minimum atomic E-state index is 0.0806. The van der Waals surface area contributed by atoms with Crippen LogP contribution in [0, 0.1) is 0 Å². The molecule has 0 amide bonds. The average molecular weight is 405 g/mol.